The van der Waals surface area contributed by atoms with Crippen LogP contribution < -0.4 is 10.1 Å². The van der Waals surface area contributed by atoms with E-state index in [0.717, 1.165) is 25.1 Å². The van der Waals surface area contributed by atoms with Crippen molar-refractivity contribution in [3.05, 3.63) is 53.9 Å². The van der Waals surface area contributed by atoms with Crippen molar-refractivity contribution in [1.29, 1.82) is 5.26 Å². The summed E-state index contributed by atoms with van der Waals surface area (Å²) in [6.07, 6.45) is 3.43. The van der Waals surface area contributed by atoms with Crippen LogP contribution in [0.1, 0.15) is 36.6 Å². The van der Waals surface area contributed by atoms with Gasteiger partial charge in [0.2, 0.25) is 0 Å². The number of aromatic hydroxyl groups is 1. The van der Waals surface area contributed by atoms with Crippen LogP contribution in [0.25, 0.3) is 0 Å². The van der Waals surface area contributed by atoms with Gasteiger partial charge in [-0.15, -0.1) is 0 Å². The fraction of sp³-hybridized carbons (Fsp3) is 0.429. The molecule has 5 atom stereocenters. The van der Waals surface area contributed by atoms with Crippen LogP contribution in [0.3, 0.4) is 0 Å². The molecule has 1 aromatic heterocycles. The molecule has 6 nitrogen and oxygen atoms in total. The maximum atomic E-state index is 10.5. The molecule has 0 amide bonds. The maximum Gasteiger partial charge on any atom is 0.133 e. The molecule has 0 bridgehead atoms. The van der Waals surface area contributed by atoms with Gasteiger partial charge in [-0.05, 0) is 74.0 Å². The highest BCUT2D eigenvalue weighted by molar-refractivity contribution is 5.34. The predicted molar refractivity (Wildman–Crippen MR) is 99.1 cm³/mol. The summed E-state index contributed by atoms with van der Waals surface area (Å²) in [6.45, 7) is 0.943. The van der Waals surface area contributed by atoms with Crippen molar-refractivity contribution in [2.24, 2.45) is 11.8 Å². The number of fused-ring (bicyclic) bond motifs is 1. The highest BCUT2D eigenvalue weighted by Crippen LogP contribution is 2.42. The second-order valence-electron chi connectivity index (χ2n) is 7.48. The van der Waals surface area contributed by atoms with Crippen LogP contribution in [0.5, 0.6) is 11.5 Å². The zero-order valence-corrected chi connectivity index (χ0v) is 15.0. The molecule has 1 aliphatic carbocycles. The standard InChI is InChI=1S/C21H23N3O3/c22-10-13-1-4-16(5-2-13)27-17-7-14-11-23-20(18(14)8-17)9-21(26)19-6-3-15(25)12-24-19/h1-6,12,14,17-18,20-21,23,25-26H,7-9,11H2/t14-,17+,18+,20+,21+/m1/s1. The Morgan fingerprint density at radius 1 is 1.22 bits per heavy atom. The second-order valence-corrected chi connectivity index (χ2v) is 7.48. The minimum Gasteiger partial charge on any atom is -0.506 e. The van der Waals surface area contributed by atoms with Gasteiger partial charge in [0.25, 0.3) is 0 Å². The number of aliphatic hydroxyl groups is 1. The van der Waals surface area contributed by atoms with E-state index in [2.05, 4.69) is 16.4 Å². The third kappa shape index (κ3) is 3.90. The SMILES string of the molecule is N#Cc1ccc(O[C@H]2C[C@@H]3CN[C@@H](C[C@H](O)c4ccc(O)cn4)[C@H]3C2)cc1. The number of nitriles is 1. The van der Waals surface area contributed by atoms with E-state index in [1.54, 1.807) is 24.3 Å². The number of aliphatic hydroxyl groups excluding tert-OH is 1. The summed E-state index contributed by atoms with van der Waals surface area (Å²) in [5, 5.41) is 32.3. The molecule has 27 heavy (non-hydrogen) atoms. The molecule has 1 saturated carbocycles. The summed E-state index contributed by atoms with van der Waals surface area (Å²) in [5.41, 5.74) is 1.22. The normalized spacial score (nSPS) is 27.7. The minimum absolute atomic E-state index is 0.101. The van der Waals surface area contributed by atoms with Crippen molar-refractivity contribution in [2.45, 2.75) is 37.5 Å². The number of nitrogens with one attached hydrogen (secondary N) is 1. The van der Waals surface area contributed by atoms with Gasteiger partial charge < -0.3 is 20.3 Å². The van der Waals surface area contributed by atoms with E-state index in [4.69, 9.17) is 10.00 Å². The molecule has 0 radical (unpaired) electrons. The fourth-order valence-electron chi connectivity index (χ4n) is 4.40. The van der Waals surface area contributed by atoms with Crippen molar-refractivity contribution in [3.8, 4) is 17.6 Å². The molecule has 140 valence electrons. The number of benzene rings is 1. The fourth-order valence-corrected chi connectivity index (χ4v) is 4.40. The first-order valence-electron chi connectivity index (χ1n) is 9.35. The summed E-state index contributed by atoms with van der Waals surface area (Å²) in [5.74, 6) is 1.93. The zero-order valence-electron chi connectivity index (χ0n) is 15.0. The summed E-state index contributed by atoms with van der Waals surface area (Å²) in [6, 6.07) is 12.8. The van der Waals surface area contributed by atoms with Gasteiger partial charge in [0, 0.05) is 6.04 Å². The lowest BCUT2D eigenvalue weighted by atomic mass is 9.90. The van der Waals surface area contributed by atoms with Crippen molar-refractivity contribution in [2.75, 3.05) is 6.54 Å². The van der Waals surface area contributed by atoms with E-state index < -0.39 is 6.10 Å². The zero-order chi connectivity index (χ0) is 18.8. The monoisotopic (exact) mass is 365 g/mol. The molecule has 2 aliphatic rings. The van der Waals surface area contributed by atoms with Gasteiger partial charge in [0.05, 0.1) is 35.7 Å². The Balaban J connectivity index is 1.35. The Kier molecular flexibility index (Phi) is 4.97. The van der Waals surface area contributed by atoms with Crippen LogP contribution in [0.2, 0.25) is 0 Å². The van der Waals surface area contributed by atoms with Crippen LogP contribution in [-0.4, -0.2) is 33.9 Å². The highest BCUT2D eigenvalue weighted by Gasteiger charge is 2.44. The maximum absolute atomic E-state index is 10.5. The van der Waals surface area contributed by atoms with Crippen LogP contribution in [0.4, 0.5) is 0 Å². The van der Waals surface area contributed by atoms with Crippen LogP contribution >= 0.6 is 0 Å². The highest BCUT2D eigenvalue weighted by atomic mass is 16.5. The largest absolute Gasteiger partial charge is 0.506 e. The third-order valence-electron chi connectivity index (χ3n) is 5.74. The van der Waals surface area contributed by atoms with E-state index in [1.165, 1.54) is 6.20 Å². The Bertz CT molecular complexity index is 816. The lowest BCUT2D eigenvalue weighted by Crippen LogP contribution is -2.30. The molecule has 0 unspecified atom stereocenters. The lowest BCUT2D eigenvalue weighted by Gasteiger charge is -2.22. The van der Waals surface area contributed by atoms with Crippen molar-refractivity contribution >= 4 is 0 Å². The molecular weight excluding hydrogens is 342 g/mol. The van der Waals surface area contributed by atoms with E-state index in [1.807, 2.05) is 12.1 Å². The first-order valence-corrected chi connectivity index (χ1v) is 9.35. The van der Waals surface area contributed by atoms with Crippen molar-refractivity contribution < 1.29 is 14.9 Å². The first-order chi connectivity index (χ1) is 13.1. The van der Waals surface area contributed by atoms with Crippen LogP contribution in [-0.2, 0) is 0 Å². The summed E-state index contributed by atoms with van der Waals surface area (Å²) in [4.78, 5) is 4.12. The van der Waals surface area contributed by atoms with Gasteiger partial charge in [0.1, 0.15) is 11.5 Å². The molecule has 2 aromatic rings. The number of hydrogen-bond donors (Lipinski definition) is 3. The number of rotatable bonds is 5. The van der Waals surface area contributed by atoms with Crippen molar-refractivity contribution in [1.82, 2.24) is 10.3 Å². The third-order valence-corrected chi connectivity index (χ3v) is 5.74. The summed E-state index contributed by atoms with van der Waals surface area (Å²) >= 11 is 0. The molecule has 2 heterocycles. The minimum atomic E-state index is -0.652. The average molecular weight is 365 g/mol. The summed E-state index contributed by atoms with van der Waals surface area (Å²) in [7, 11) is 0. The number of nitrogens with zero attached hydrogens (tertiary/aromatic N) is 2. The predicted octanol–water partition coefficient (Wildman–Crippen LogP) is 2.53. The Morgan fingerprint density at radius 2 is 2.04 bits per heavy atom. The average Bonchev–Trinajstić information content (AvgIpc) is 3.24. The quantitative estimate of drug-likeness (QED) is 0.753. The van der Waals surface area contributed by atoms with Crippen molar-refractivity contribution in [3.63, 3.8) is 0 Å². The molecule has 1 aromatic carbocycles. The molecule has 0 spiro atoms. The van der Waals surface area contributed by atoms with E-state index in [-0.39, 0.29) is 17.9 Å². The van der Waals surface area contributed by atoms with Gasteiger partial charge in [-0.2, -0.15) is 5.26 Å². The molecule has 2 fully saturated rings. The molecule has 1 saturated heterocycles. The van der Waals surface area contributed by atoms with Gasteiger partial charge in [0.15, 0.2) is 0 Å². The Hall–Kier alpha value is -2.62. The molecule has 3 N–H and O–H groups in total. The van der Waals surface area contributed by atoms with E-state index >= 15 is 0 Å². The van der Waals surface area contributed by atoms with Gasteiger partial charge in [-0.1, -0.05) is 0 Å². The van der Waals surface area contributed by atoms with Crippen LogP contribution in [0, 0.1) is 23.2 Å². The number of hydrogen-bond acceptors (Lipinski definition) is 6. The van der Waals surface area contributed by atoms with E-state index in [9.17, 15) is 10.2 Å². The lowest BCUT2D eigenvalue weighted by molar-refractivity contribution is 0.136. The van der Waals surface area contributed by atoms with Gasteiger partial charge >= 0.3 is 0 Å². The second kappa shape index (κ2) is 7.55. The molecule has 4 rings (SSSR count). The van der Waals surface area contributed by atoms with Gasteiger partial charge in [-0.25, -0.2) is 0 Å². The number of ether oxygens (including phenoxy) is 1. The first kappa shape index (κ1) is 17.8. The topological polar surface area (TPSA) is 98.4 Å². The number of pyridine rings is 1. The molecule has 1 aliphatic heterocycles. The smallest absolute Gasteiger partial charge is 0.133 e. The van der Waals surface area contributed by atoms with E-state index in [0.29, 0.717) is 29.5 Å². The molecular formula is C21H23N3O3. The Morgan fingerprint density at radius 3 is 2.74 bits per heavy atom. The Labute approximate surface area is 158 Å². The molecule has 6 heteroatoms. The van der Waals surface area contributed by atoms with Crippen LogP contribution in [0.15, 0.2) is 42.6 Å². The summed E-state index contributed by atoms with van der Waals surface area (Å²) < 4.78 is 6.12. The number of aromatic nitrogens is 1. The van der Waals surface area contributed by atoms with Gasteiger partial charge in [-0.3, -0.25) is 4.98 Å².